The van der Waals surface area contributed by atoms with Crippen molar-refractivity contribution in [3.63, 3.8) is 0 Å². The molecule has 2 aromatic heterocycles. The summed E-state index contributed by atoms with van der Waals surface area (Å²) in [6.07, 6.45) is 0. The molecule has 2 aromatic rings. The standard InChI is InChI=1S/C6H2N10O8/c17-15(18)7-3-1(9-23-11-3)5-13-22-6(14-21-5)2-4(8-16(19)20)12-24-10-2/h(H,7,11)(H,8,12). The number of nitrogens with zero attached hydrogens (tertiary/aromatic N) is 8. The van der Waals surface area contributed by atoms with E-state index in [2.05, 4.69) is 40.2 Å². The molecule has 124 valence electrons. The van der Waals surface area contributed by atoms with Gasteiger partial charge in [0.15, 0.2) is 10.1 Å². The van der Waals surface area contributed by atoms with E-state index in [1.54, 1.807) is 10.9 Å². The average Bonchev–Trinajstić information content (AvgIpc) is 3.16. The van der Waals surface area contributed by atoms with Gasteiger partial charge in [-0.05, 0) is 30.9 Å². The van der Waals surface area contributed by atoms with Crippen LogP contribution in [0.2, 0.25) is 0 Å². The van der Waals surface area contributed by atoms with Gasteiger partial charge < -0.3 is 9.68 Å². The topological polar surface area (TPSA) is 231 Å². The summed E-state index contributed by atoms with van der Waals surface area (Å²) in [6, 6.07) is 0. The zero-order valence-electron chi connectivity index (χ0n) is 10.8. The van der Waals surface area contributed by atoms with Crippen LogP contribution >= 0.6 is 0 Å². The maximum absolute atomic E-state index is 10.4. The van der Waals surface area contributed by atoms with E-state index < -0.39 is 33.5 Å². The second kappa shape index (κ2) is 5.78. The summed E-state index contributed by atoms with van der Waals surface area (Å²) in [5, 5.41) is 38.9. The molecule has 0 fully saturated rings. The monoisotopic (exact) mass is 342 g/mol. The van der Waals surface area contributed by atoms with Crippen LogP contribution in [0, 0.1) is 20.2 Å². The average molecular weight is 342 g/mol. The molecule has 18 heteroatoms. The van der Waals surface area contributed by atoms with Crippen LogP contribution in [0.4, 0.5) is 11.6 Å². The first-order valence-corrected chi connectivity index (χ1v) is 5.52. The van der Waals surface area contributed by atoms with Gasteiger partial charge in [-0.15, -0.1) is 0 Å². The Balaban J connectivity index is 1.77. The number of nitro groups is 2. The molecular formula is C6H2N10O8. The lowest BCUT2D eigenvalue weighted by Crippen LogP contribution is -2.20. The summed E-state index contributed by atoms with van der Waals surface area (Å²) in [6.45, 7) is 0. The first kappa shape index (κ1) is 14.6. The minimum absolute atomic E-state index is 0.309. The number of rotatable bonds is 6. The van der Waals surface area contributed by atoms with Crippen LogP contribution in [0.25, 0.3) is 0 Å². The van der Waals surface area contributed by atoms with Crippen LogP contribution in [0.3, 0.4) is 0 Å². The molecule has 1 aliphatic heterocycles. The van der Waals surface area contributed by atoms with Gasteiger partial charge in [0.05, 0.1) is 0 Å². The van der Waals surface area contributed by atoms with Crippen LogP contribution in [0.1, 0.15) is 11.4 Å². The number of hydrogen-bond acceptors (Lipinski definition) is 14. The van der Waals surface area contributed by atoms with Crippen molar-refractivity contribution in [3.8, 4) is 0 Å². The van der Waals surface area contributed by atoms with Crippen LogP contribution in [-0.4, -0.2) is 42.5 Å². The fourth-order valence-corrected chi connectivity index (χ4v) is 1.35. The Labute approximate surface area is 127 Å². The molecule has 24 heavy (non-hydrogen) atoms. The third-order valence-corrected chi connectivity index (χ3v) is 2.21. The highest BCUT2D eigenvalue weighted by Gasteiger charge is 2.29. The van der Waals surface area contributed by atoms with Crippen molar-refractivity contribution < 1.29 is 29.0 Å². The van der Waals surface area contributed by atoms with Crippen molar-refractivity contribution in [2.45, 2.75) is 0 Å². The van der Waals surface area contributed by atoms with E-state index in [1.807, 2.05) is 0 Å². The lowest BCUT2D eigenvalue weighted by atomic mass is 10.4. The molecule has 3 heterocycles. The van der Waals surface area contributed by atoms with E-state index in [0.29, 0.717) is 0 Å². The number of hydrogen-bond donors (Lipinski definition) is 2. The molecule has 0 bridgehead atoms. The third kappa shape index (κ3) is 2.81. The van der Waals surface area contributed by atoms with E-state index in [1.165, 1.54) is 0 Å². The van der Waals surface area contributed by atoms with E-state index in [9.17, 15) is 20.2 Å². The molecule has 18 nitrogen and oxygen atoms in total. The summed E-state index contributed by atoms with van der Waals surface area (Å²) >= 11 is 0. The zero-order chi connectivity index (χ0) is 17.1. The molecule has 0 spiro atoms. The van der Waals surface area contributed by atoms with Crippen molar-refractivity contribution in [2.24, 2.45) is 10.3 Å². The lowest BCUT2D eigenvalue weighted by Gasteiger charge is -2.07. The first-order valence-electron chi connectivity index (χ1n) is 5.52. The predicted octanol–water partition coefficient (Wildman–Crippen LogP) is -1.27. The van der Waals surface area contributed by atoms with Gasteiger partial charge in [0.1, 0.15) is 0 Å². The predicted molar refractivity (Wildman–Crippen MR) is 65.1 cm³/mol. The van der Waals surface area contributed by atoms with Crippen molar-refractivity contribution in [1.29, 1.82) is 0 Å². The molecule has 3 rings (SSSR count). The van der Waals surface area contributed by atoms with Crippen LogP contribution < -0.4 is 10.9 Å². The summed E-state index contributed by atoms with van der Waals surface area (Å²) in [5.74, 6) is -1.71. The summed E-state index contributed by atoms with van der Waals surface area (Å²) in [7, 11) is 0. The highest BCUT2D eigenvalue weighted by atomic mass is 16.7. The Hall–Kier alpha value is -4.38. The third-order valence-electron chi connectivity index (χ3n) is 2.21. The van der Waals surface area contributed by atoms with Gasteiger partial charge in [-0.3, -0.25) is 0 Å². The SMILES string of the molecule is O=[N+]([O-])Nc1nonc1C1=NOC(c2nonc2N[N+](=O)[O-])=NO1. The van der Waals surface area contributed by atoms with Crippen molar-refractivity contribution >= 4 is 23.4 Å². The number of aromatic nitrogens is 4. The van der Waals surface area contributed by atoms with Gasteiger partial charge in [0.25, 0.3) is 11.6 Å². The Morgan fingerprint density at radius 2 is 1.17 bits per heavy atom. The van der Waals surface area contributed by atoms with Crippen LogP contribution in [0.5, 0.6) is 0 Å². The normalized spacial score (nSPS) is 13.2. The second-order valence-electron chi connectivity index (χ2n) is 3.64. The van der Waals surface area contributed by atoms with Crippen molar-refractivity contribution in [3.05, 3.63) is 31.6 Å². The highest BCUT2D eigenvalue weighted by Crippen LogP contribution is 2.18. The highest BCUT2D eigenvalue weighted by molar-refractivity contribution is 6.01. The Bertz CT molecular complexity index is 781. The Morgan fingerprint density at radius 3 is 1.50 bits per heavy atom. The quantitative estimate of drug-likeness (QED) is 0.460. The summed E-state index contributed by atoms with van der Waals surface area (Å²) in [5.41, 5.74) is 2.76. The molecule has 0 atom stereocenters. The number of anilines is 2. The molecule has 0 radical (unpaired) electrons. The molecule has 0 aromatic carbocycles. The molecule has 0 saturated carbocycles. The summed E-state index contributed by atoms with van der Waals surface area (Å²) in [4.78, 5) is 30.4. The number of hydrazine groups is 2. The molecule has 2 N–H and O–H groups in total. The van der Waals surface area contributed by atoms with Gasteiger partial charge in [-0.25, -0.2) is 29.5 Å². The number of oxime groups is 2. The number of nitrogens with one attached hydrogen (secondary N) is 2. The van der Waals surface area contributed by atoms with Crippen LogP contribution in [0.15, 0.2) is 19.6 Å². The van der Waals surface area contributed by atoms with Gasteiger partial charge in [-0.2, -0.15) is 0 Å². The fourth-order valence-electron chi connectivity index (χ4n) is 1.35. The van der Waals surface area contributed by atoms with E-state index in [0.717, 1.165) is 0 Å². The van der Waals surface area contributed by atoms with Gasteiger partial charge in [-0.1, -0.05) is 10.9 Å². The van der Waals surface area contributed by atoms with Crippen molar-refractivity contribution in [1.82, 2.24) is 20.6 Å². The minimum atomic E-state index is -0.918. The smallest absolute Gasteiger partial charge is 0.317 e. The molecule has 0 amide bonds. The van der Waals surface area contributed by atoms with Gasteiger partial charge in [0.2, 0.25) is 11.4 Å². The van der Waals surface area contributed by atoms with Gasteiger partial charge in [0, 0.05) is 0 Å². The first-order chi connectivity index (χ1) is 11.5. The molecule has 1 aliphatic rings. The Morgan fingerprint density at radius 1 is 0.750 bits per heavy atom. The summed E-state index contributed by atoms with van der Waals surface area (Å²) < 4.78 is 8.62. The van der Waals surface area contributed by atoms with Gasteiger partial charge >= 0.3 is 11.8 Å². The minimum Gasteiger partial charge on any atom is -0.327 e. The maximum Gasteiger partial charge on any atom is 0.317 e. The molecule has 0 aliphatic carbocycles. The molecule has 0 unspecified atom stereocenters. The van der Waals surface area contributed by atoms with Crippen molar-refractivity contribution in [2.75, 3.05) is 10.9 Å². The van der Waals surface area contributed by atoms with E-state index >= 15 is 0 Å². The fraction of sp³-hybridized carbons (Fsp3) is 0. The van der Waals surface area contributed by atoms with E-state index in [-0.39, 0.29) is 11.4 Å². The largest absolute Gasteiger partial charge is 0.327 e. The maximum atomic E-state index is 10.4. The molecule has 0 saturated heterocycles. The molecular weight excluding hydrogens is 340 g/mol. The second-order valence-corrected chi connectivity index (χ2v) is 3.64. The van der Waals surface area contributed by atoms with Crippen LogP contribution in [-0.2, 0) is 9.68 Å². The van der Waals surface area contributed by atoms with E-state index in [4.69, 9.17) is 9.68 Å². The Kier molecular flexibility index (Phi) is 3.51. The zero-order valence-corrected chi connectivity index (χ0v) is 10.8. The lowest BCUT2D eigenvalue weighted by molar-refractivity contribution is -0.445.